The van der Waals surface area contributed by atoms with Crippen LogP contribution >= 0.6 is 0 Å². The number of piperidine rings is 1. The van der Waals surface area contributed by atoms with E-state index < -0.39 is 0 Å². The van der Waals surface area contributed by atoms with Gasteiger partial charge in [-0.25, -0.2) is 0 Å². The highest BCUT2D eigenvalue weighted by Crippen LogP contribution is 2.45. The van der Waals surface area contributed by atoms with Crippen molar-refractivity contribution in [3.8, 4) is 11.1 Å². The topological polar surface area (TPSA) is 26.8 Å². The van der Waals surface area contributed by atoms with Crippen LogP contribution in [0.1, 0.15) is 62.3 Å². The number of fused-ring (bicyclic) bond motifs is 3. The second-order valence-corrected chi connectivity index (χ2v) is 12.7. The Morgan fingerprint density at radius 3 is 1.85 bits per heavy atom. The number of likely N-dealkylation sites (tertiary alicyclic amines) is 1. The largest absolute Gasteiger partial charge is 0.297 e. The number of nitrogens with zero attached hydrogens (tertiary/aromatic N) is 3. The number of rotatable bonds is 6. The summed E-state index contributed by atoms with van der Waals surface area (Å²) >= 11 is 0. The van der Waals surface area contributed by atoms with Gasteiger partial charge in [-0.3, -0.25) is 19.5 Å². The van der Waals surface area contributed by atoms with Crippen LogP contribution in [0.4, 0.5) is 0 Å². The molecule has 6 rings (SSSR count). The lowest BCUT2D eigenvalue weighted by Crippen LogP contribution is -2.55. The van der Waals surface area contributed by atoms with Crippen molar-refractivity contribution in [2.24, 2.45) is 5.92 Å². The summed E-state index contributed by atoms with van der Waals surface area (Å²) in [6, 6.07) is 28.6. The minimum absolute atomic E-state index is 0.133. The van der Waals surface area contributed by atoms with Crippen LogP contribution in [-0.4, -0.2) is 71.8 Å². The molecule has 0 bridgehead atoms. The molecule has 0 spiro atoms. The Morgan fingerprint density at radius 2 is 1.28 bits per heavy atom. The van der Waals surface area contributed by atoms with Gasteiger partial charge in [-0.2, -0.15) is 0 Å². The molecule has 3 aliphatic rings. The van der Waals surface area contributed by atoms with Gasteiger partial charge in [-0.05, 0) is 80.4 Å². The molecule has 3 aromatic rings. The minimum atomic E-state index is -0.133. The predicted molar refractivity (Wildman–Crippen MR) is 160 cm³/mol. The van der Waals surface area contributed by atoms with E-state index >= 15 is 0 Å². The number of Topliss-reactive ketones (excluding diaryl/α,β-unsaturated/α-hetero) is 1. The number of ketones is 1. The third kappa shape index (κ3) is 5.35. The highest BCUT2D eigenvalue weighted by atomic mass is 16.1. The molecule has 0 amide bonds. The maximum atomic E-state index is 13.8. The number of hydrogen-bond acceptors (Lipinski definition) is 4. The smallest absolute Gasteiger partial charge is 0.158 e. The molecule has 1 unspecified atom stereocenters. The molecule has 0 N–H and O–H groups in total. The molecule has 0 radical (unpaired) electrons. The maximum Gasteiger partial charge on any atom is 0.158 e. The van der Waals surface area contributed by atoms with Crippen molar-refractivity contribution in [1.29, 1.82) is 0 Å². The molecule has 0 saturated carbocycles. The molecule has 0 aromatic heterocycles. The van der Waals surface area contributed by atoms with Gasteiger partial charge in [0.25, 0.3) is 0 Å². The number of carbonyl (C=O) groups excluding carboxylic acids is 1. The van der Waals surface area contributed by atoms with Crippen molar-refractivity contribution in [3.63, 3.8) is 0 Å². The molecule has 2 heterocycles. The summed E-state index contributed by atoms with van der Waals surface area (Å²) < 4.78 is 0. The van der Waals surface area contributed by atoms with Crippen molar-refractivity contribution in [2.75, 3.05) is 45.8 Å². The second kappa shape index (κ2) is 11.0. The van der Waals surface area contributed by atoms with E-state index in [1.807, 2.05) is 0 Å². The molecular formula is C35H43N3O. The molecule has 2 fully saturated rings. The van der Waals surface area contributed by atoms with Crippen LogP contribution in [0, 0.1) is 5.92 Å². The molecule has 2 saturated heterocycles. The average molecular weight is 522 g/mol. The van der Waals surface area contributed by atoms with Gasteiger partial charge < -0.3 is 0 Å². The lowest BCUT2D eigenvalue weighted by molar-refractivity contribution is -0.121. The Labute approximate surface area is 234 Å². The monoisotopic (exact) mass is 521 g/mol. The van der Waals surface area contributed by atoms with Gasteiger partial charge in [-0.1, -0.05) is 78.9 Å². The molecule has 1 atom stereocenters. The molecule has 204 valence electrons. The first-order valence-corrected chi connectivity index (χ1v) is 14.9. The van der Waals surface area contributed by atoms with Gasteiger partial charge in [0.1, 0.15) is 0 Å². The van der Waals surface area contributed by atoms with Crippen molar-refractivity contribution >= 4 is 5.78 Å². The lowest BCUT2D eigenvalue weighted by atomic mass is 9.83. The van der Waals surface area contributed by atoms with E-state index in [-0.39, 0.29) is 11.5 Å². The summed E-state index contributed by atoms with van der Waals surface area (Å²) in [6.45, 7) is 14.0. The highest BCUT2D eigenvalue weighted by molar-refractivity contribution is 5.98. The van der Waals surface area contributed by atoms with Crippen LogP contribution in [0.5, 0.6) is 0 Å². The zero-order chi connectivity index (χ0) is 27.0. The fraction of sp³-hybridized carbons (Fsp3) is 0.457. The first-order valence-electron chi connectivity index (χ1n) is 14.9. The zero-order valence-electron chi connectivity index (χ0n) is 23.9. The summed E-state index contributed by atoms with van der Waals surface area (Å²) in [6.07, 6.45) is 2.29. The molecular weight excluding hydrogens is 478 g/mol. The molecule has 39 heavy (non-hydrogen) atoms. The molecule has 4 nitrogen and oxygen atoms in total. The van der Waals surface area contributed by atoms with Gasteiger partial charge >= 0.3 is 0 Å². The first-order chi connectivity index (χ1) is 18.9. The van der Waals surface area contributed by atoms with E-state index in [0.717, 1.165) is 52.1 Å². The Kier molecular flexibility index (Phi) is 7.45. The average Bonchev–Trinajstić information content (AvgIpc) is 3.29. The van der Waals surface area contributed by atoms with Crippen LogP contribution in [-0.2, 0) is 4.79 Å². The van der Waals surface area contributed by atoms with Gasteiger partial charge in [0.15, 0.2) is 5.78 Å². The molecule has 1 aliphatic carbocycles. The quantitative estimate of drug-likeness (QED) is 0.384. The maximum absolute atomic E-state index is 13.8. The molecule has 4 heteroatoms. The van der Waals surface area contributed by atoms with Crippen LogP contribution in [0.25, 0.3) is 11.1 Å². The third-order valence-electron chi connectivity index (χ3n) is 9.41. The van der Waals surface area contributed by atoms with Crippen LogP contribution in [0.15, 0.2) is 78.9 Å². The number of benzene rings is 3. The van der Waals surface area contributed by atoms with Crippen molar-refractivity contribution in [3.05, 3.63) is 95.6 Å². The van der Waals surface area contributed by atoms with Crippen LogP contribution in [0.3, 0.4) is 0 Å². The normalized spacial score (nSPS) is 20.5. The first kappa shape index (κ1) is 26.4. The van der Waals surface area contributed by atoms with Gasteiger partial charge in [-0.15, -0.1) is 0 Å². The van der Waals surface area contributed by atoms with Crippen LogP contribution < -0.4 is 0 Å². The molecule has 3 aromatic carbocycles. The van der Waals surface area contributed by atoms with Gasteiger partial charge in [0, 0.05) is 37.8 Å². The van der Waals surface area contributed by atoms with E-state index in [0.29, 0.717) is 24.3 Å². The lowest BCUT2D eigenvalue weighted by Gasteiger charge is -2.47. The number of carbonyl (C=O) groups is 1. The van der Waals surface area contributed by atoms with Crippen molar-refractivity contribution < 1.29 is 4.79 Å². The van der Waals surface area contributed by atoms with E-state index in [1.54, 1.807) is 0 Å². The Balaban J connectivity index is 1.13. The summed E-state index contributed by atoms with van der Waals surface area (Å²) in [7, 11) is 0. The third-order valence-corrected chi connectivity index (χ3v) is 9.41. The Morgan fingerprint density at radius 1 is 0.744 bits per heavy atom. The summed E-state index contributed by atoms with van der Waals surface area (Å²) in [4.78, 5) is 21.6. The second-order valence-electron chi connectivity index (χ2n) is 12.7. The Bertz CT molecular complexity index is 1230. The molecule has 2 aliphatic heterocycles. The highest BCUT2D eigenvalue weighted by Gasteiger charge is 2.37. The summed E-state index contributed by atoms with van der Waals surface area (Å²) in [5, 5.41) is 0. The van der Waals surface area contributed by atoms with Crippen LogP contribution in [0.2, 0.25) is 0 Å². The summed E-state index contributed by atoms with van der Waals surface area (Å²) in [5.41, 5.74) is 6.49. The zero-order valence-corrected chi connectivity index (χ0v) is 23.9. The van der Waals surface area contributed by atoms with E-state index in [2.05, 4.69) is 114 Å². The number of piperazine rings is 1. The fourth-order valence-corrected chi connectivity index (χ4v) is 7.34. The van der Waals surface area contributed by atoms with E-state index in [4.69, 9.17) is 0 Å². The summed E-state index contributed by atoms with van der Waals surface area (Å²) in [5.74, 6) is 0.822. The standard InChI is InChI=1S/C35H43N3O/c1-35(2,3)38-23-21-37(22-24-38)34(26-11-5-4-6-12-26)27-17-19-36(20-18-27)25-32(39)33-30-15-9-7-13-28(30)29-14-8-10-16-31(29)33/h4-16,27,33-34H,17-25H2,1-3H3. The van der Waals surface area contributed by atoms with Crippen molar-refractivity contribution in [2.45, 2.75) is 51.1 Å². The van der Waals surface area contributed by atoms with E-state index in [9.17, 15) is 4.79 Å². The SMILES string of the molecule is CC(C)(C)N1CCN(C(c2ccccc2)C2CCN(CC(=O)C3c4ccccc4-c4ccccc43)CC2)CC1. The van der Waals surface area contributed by atoms with E-state index in [1.165, 1.54) is 27.8 Å². The van der Waals surface area contributed by atoms with Crippen molar-refractivity contribution in [1.82, 2.24) is 14.7 Å². The minimum Gasteiger partial charge on any atom is -0.297 e. The van der Waals surface area contributed by atoms with Gasteiger partial charge in [0.05, 0.1) is 12.5 Å². The van der Waals surface area contributed by atoms with Gasteiger partial charge in [0.2, 0.25) is 0 Å². The predicted octanol–water partition coefficient (Wildman–Crippen LogP) is 6.24. The Hall–Kier alpha value is -2.79. The number of hydrogen-bond donors (Lipinski definition) is 0. The fourth-order valence-electron chi connectivity index (χ4n) is 7.34.